The molecule has 32 heavy (non-hydrogen) atoms. The van der Waals surface area contributed by atoms with Crippen molar-refractivity contribution in [3.05, 3.63) is 90.0 Å². The van der Waals surface area contributed by atoms with Gasteiger partial charge in [-0.15, -0.1) is 0 Å². The van der Waals surface area contributed by atoms with E-state index in [1.54, 1.807) is 36.4 Å². The normalized spacial score (nSPS) is 10.7. The highest BCUT2D eigenvalue weighted by atomic mass is 16.7. The smallest absolute Gasteiger partial charge is 0.434 e. The lowest BCUT2D eigenvalue weighted by Gasteiger charge is -2.12. The summed E-state index contributed by atoms with van der Waals surface area (Å²) < 4.78 is 10.8. The Morgan fingerprint density at radius 3 is 2.16 bits per heavy atom. The van der Waals surface area contributed by atoms with Crippen molar-refractivity contribution in [3.8, 4) is 16.9 Å². The lowest BCUT2D eigenvalue weighted by atomic mass is 9.98. The van der Waals surface area contributed by atoms with Crippen LogP contribution < -0.4 is 4.74 Å². The van der Waals surface area contributed by atoms with Crippen molar-refractivity contribution in [2.45, 2.75) is 39.5 Å². The summed E-state index contributed by atoms with van der Waals surface area (Å²) in [5.41, 5.74) is 2.68. The van der Waals surface area contributed by atoms with Gasteiger partial charge in [0.15, 0.2) is 5.78 Å². The molecule has 0 heterocycles. The van der Waals surface area contributed by atoms with Gasteiger partial charge in [0.2, 0.25) is 0 Å². The van der Waals surface area contributed by atoms with Crippen LogP contribution in [0, 0.1) is 5.92 Å². The maximum absolute atomic E-state index is 13.1. The Labute approximate surface area is 190 Å². The van der Waals surface area contributed by atoms with E-state index in [2.05, 4.69) is 13.8 Å². The number of hydrogen-bond acceptors (Lipinski definition) is 4. The third-order valence-electron chi connectivity index (χ3n) is 5.21. The second-order valence-corrected chi connectivity index (χ2v) is 8.22. The van der Waals surface area contributed by atoms with E-state index < -0.39 is 6.16 Å². The molecule has 0 saturated carbocycles. The molecule has 3 aromatic rings. The zero-order valence-electron chi connectivity index (χ0n) is 18.8. The number of hydrogen-bond donors (Lipinski definition) is 0. The zero-order valence-corrected chi connectivity index (χ0v) is 18.8. The Bertz CT molecular complexity index is 1010. The van der Waals surface area contributed by atoms with Crippen LogP contribution in [0.25, 0.3) is 11.1 Å². The maximum Gasteiger partial charge on any atom is 0.513 e. The highest BCUT2D eigenvalue weighted by Gasteiger charge is 2.19. The van der Waals surface area contributed by atoms with Crippen LogP contribution in [0.15, 0.2) is 78.9 Å². The van der Waals surface area contributed by atoms with Gasteiger partial charge in [-0.2, -0.15) is 0 Å². The first-order chi connectivity index (χ1) is 15.5. The van der Waals surface area contributed by atoms with Gasteiger partial charge in [-0.3, -0.25) is 4.79 Å². The molecule has 0 amide bonds. The number of benzene rings is 3. The van der Waals surface area contributed by atoms with E-state index in [0.717, 1.165) is 30.4 Å². The highest BCUT2D eigenvalue weighted by molar-refractivity contribution is 6.11. The summed E-state index contributed by atoms with van der Waals surface area (Å²) in [4.78, 5) is 25.4. The van der Waals surface area contributed by atoms with Crippen LogP contribution in [0.3, 0.4) is 0 Å². The van der Waals surface area contributed by atoms with Crippen LogP contribution in [0.5, 0.6) is 5.75 Å². The van der Waals surface area contributed by atoms with E-state index >= 15 is 0 Å². The molecule has 0 bridgehead atoms. The monoisotopic (exact) mass is 430 g/mol. The Morgan fingerprint density at radius 2 is 1.47 bits per heavy atom. The van der Waals surface area contributed by atoms with Crippen LogP contribution in [-0.2, 0) is 4.74 Å². The topological polar surface area (TPSA) is 52.6 Å². The fourth-order valence-corrected chi connectivity index (χ4v) is 3.46. The van der Waals surface area contributed by atoms with Crippen LogP contribution in [0.1, 0.15) is 55.5 Å². The minimum Gasteiger partial charge on any atom is -0.434 e. The minimum atomic E-state index is -0.791. The molecular weight excluding hydrogens is 400 g/mol. The molecule has 0 aliphatic rings. The zero-order chi connectivity index (χ0) is 22.8. The average Bonchev–Trinajstić information content (AvgIpc) is 2.82. The molecule has 0 radical (unpaired) electrons. The summed E-state index contributed by atoms with van der Waals surface area (Å²) in [7, 11) is 0. The van der Waals surface area contributed by atoms with Gasteiger partial charge < -0.3 is 9.47 Å². The summed E-state index contributed by atoms with van der Waals surface area (Å²) in [6.07, 6.45) is 3.29. The van der Waals surface area contributed by atoms with Gasteiger partial charge in [0.25, 0.3) is 0 Å². The first kappa shape index (κ1) is 23.3. The molecule has 4 heteroatoms. The Hall–Kier alpha value is -3.40. The molecule has 0 fully saturated rings. The molecule has 0 atom stereocenters. The van der Waals surface area contributed by atoms with Crippen molar-refractivity contribution in [1.82, 2.24) is 0 Å². The summed E-state index contributed by atoms with van der Waals surface area (Å²) >= 11 is 0. The molecular formula is C28H30O4. The number of carbonyl (C=O) groups excluding carboxylic acids is 2. The van der Waals surface area contributed by atoms with Gasteiger partial charge >= 0.3 is 6.16 Å². The standard InChI is InChI=1S/C28H30O4/c1-21(2)12-6-5-11-19-31-28(30)32-26-20-24(22-13-7-3-8-14-22)17-18-25(26)27(29)23-15-9-4-10-16-23/h3-4,7-10,13-18,20-21H,5-6,11-12,19H2,1-2H3. The lowest BCUT2D eigenvalue weighted by molar-refractivity contribution is 0.0956. The SMILES string of the molecule is CC(C)CCCCCOC(=O)Oc1cc(-c2ccccc2)ccc1C(=O)c1ccccc1. The molecule has 166 valence electrons. The summed E-state index contributed by atoms with van der Waals surface area (Å²) in [6, 6.07) is 24.0. The first-order valence-corrected chi connectivity index (χ1v) is 11.2. The number of rotatable bonds is 10. The van der Waals surface area contributed by atoms with E-state index in [1.807, 2.05) is 42.5 Å². The van der Waals surface area contributed by atoms with Crippen molar-refractivity contribution in [1.29, 1.82) is 0 Å². The third kappa shape index (κ3) is 6.81. The van der Waals surface area contributed by atoms with Gasteiger partial charge in [-0.1, -0.05) is 99.8 Å². The molecule has 0 N–H and O–H groups in total. The minimum absolute atomic E-state index is 0.199. The quantitative estimate of drug-likeness (QED) is 0.146. The van der Waals surface area contributed by atoms with Gasteiger partial charge in [-0.05, 0) is 35.6 Å². The molecule has 4 nitrogen and oxygen atoms in total. The van der Waals surface area contributed by atoms with Crippen molar-refractivity contribution >= 4 is 11.9 Å². The molecule has 3 rings (SSSR count). The largest absolute Gasteiger partial charge is 0.513 e. The maximum atomic E-state index is 13.1. The predicted octanol–water partition coefficient (Wildman–Crippen LogP) is 7.32. The number of unbranched alkanes of at least 4 members (excludes halogenated alkanes) is 2. The van der Waals surface area contributed by atoms with Crippen LogP contribution in [-0.4, -0.2) is 18.5 Å². The van der Waals surface area contributed by atoms with Gasteiger partial charge in [0.1, 0.15) is 5.75 Å². The molecule has 0 aliphatic heterocycles. The van der Waals surface area contributed by atoms with E-state index in [1.165, 1.54) is 6.42 Å². The second-order valence-electron chi connectivity index (χ2n) is 8.22. The van der Waals surface area contributed by atoms with Gasteiger partial charge in [0, 0.05) is 5.56 Å². The van der Waals surface area contributed by atoms with E-state index in [9.17, 15) is 9.59 Å². The van der Waals surface area contributed by atoms with E-state index in [4.69, 9.17) is 9.47 Å². The van der Waals surface area contributed by atoms with E-state index in [0.29, 0.717) is 23.7 Å². The number of ketones is 1. The molecule has 3 aromatic carbocycles. The summed E-state index contributed by atoms with van der Waals surface area (Å²) in [5, 5.41) is 0. The average molecular weight is 431 g/mol. The predicted molar refractivity (Wildman–Crippen MR) is 127 cm³/mol. The number of carbonyl (C=O) groups is 2. The van der Waals surface area contributed by atoms with Crippen molar-refractivity contribution in [2.24, 2.45) is 5.92 Å². The number of ether oxygens (including phenoxy) is 2. The first-order valence-electron chi connectivity index (χ1n) is 11.2. The van der Waals surface area contributed by atoms with E-state index in [-0.39, 0.29) is 11.5 Å². The highest BCUT2D eigenvalue weighted by Crippen LogP contribution is 2.29. The molecule has 0 saturated heterocycles. The molecule has 0 aromatic heterocycles. The molecule has 0 unspecified atom stereocenters. The molecule has 0 aliphatic carbocycles. The van der Waals surface area contributed by atoms with Gasteiger partial charge in [-0.25, -0.2) is 4.79 Å². The third-order valence-corrected chi connectivity index (χ3v) is 5.21. The molecule has 0 spiro atoms. The van der Waals surface area contributed by atoms with Crippen LogP contribution >= 0.6 is 0 Å². The second kappa shape index (κ2) is 11.8. The fraction of sp³-hybridized carbons (Fsp3) is 0.286. The van der Waals surface area contributed by atoms with Crippen molar-refractivity contribution in [2.75, 3.05) is 6.61 Å². The Morgan fingerprint density at radius 1 is 0.781 bits per heavy atom. The van der Waals surface area contributed by atoms with Gasteiger partial charge in [0.05, 0.1) is 12.2 Å². The van der Waals surface area contributed by atoms with Crippen LogP contribution in [0.4, 0.5) is 4.79 Å². The summed E-state index contributed by atoms with van der Waals surface area (Å²) in [6.45, 7) is 4.70. The fourth-order valence-electron chi connectivity index (χ4n) is 3.46. The van der Waals surface area contributed by atoms with Crippen molar-refractivity contribution in [3.63, 3.8) is 0 Å². The Balaban J connectivity index is 1.74. The van der Waals surface area contributed by atoms with Crippen molar-refractivity contribution < 1.29 is 19.1 Å². The summed E-state index contributed by atoms with van der Waals surface area (Å²) in [5.74, 6) is 0.671. The lowest BCUT2D eigenvalue weighted by Crippen LogP contribution is -2.14. The Kier molecular flexibility index (Phi) is 8.61. The van der Waals surface area contributed by atoms with Crippen LogP contribution in [0.2, 0.25) is 0 Å².